The molecule has 0 saturated heterocycles. The first-order chi connectivity index (χ1) is 10.6. The van der Waals surface area contributed by atoms with Gasteiger partial charge in [0.2, 0.25) is 11.8 Å². The third-order valence-electron chi connectivity index (χ3n) is 3.14. The number of nitrogens with one attached hydrogen (secondary N) is 2. The summed E-state index contributed by atoms with van der Waals surface area (Å²) in [6.07, 6.45) is 2.05. The summed E-state index contributed by atoms with van der Waals surface area (Å²) in [5.74, 6) is 2.12. The van der Waals surface area contributed by atoms with E-state index in [0.29, 0.717) is 18.9 Å². The largest absolute Gasteiger partial charge is 0.497 e. The summed E-state index contributed by atoms with van der Waals surface area (Å²) in [6, 6.07) is 7.25. The normalized spacial score (nSPS) is 12.0. The second-order valence-electron chi connectivity index (χ2n) is 5.13. The van der Waals surface area contributed by atoms with Gasteiger partial charge in [-0.25, -0.2) is 4.98 Å². The number of hydrogen-bond donors (Lipinski definition) is 2. The highest BCUT2D eigenvalue weighted by Gasteiger charge is 2.10. The van der Waals surface area contributed by atoms with Gasteiger partial charge < -0.3 is 19.8 Å². The fourth-order valence-electron chi connectivity index (χ4n) is 1.98. The van der Waals surface area contributed by atoms with Crippen LogP contribution in [0.4, 0.5) is 5.69 Å². The second-order valence-corrected chi connectivity index (χ2v) is 5.13. The lowest BCUT2D eigenvalue weighted by atomic mass is 10.2. The number of aryl methyl sites for hydroxylation is 1. The van der Waals surface area contributed by atoms with Gasteiger partial charge in [0, 0.05) is 18.2 Å². The Hall–Kier alpha value is -2.34. The maximum absolute atomic E-state index is 12.0. The Morgan fingerprint density at radius 3 is 2.68 bits per heavy atom. The molecular formula is C16H21N3O3. The molecule has 22 heavy (non-hydrogen) atoms. The van der Waals surface area contributed by atoms with Crippen LogP contribution in [0.15, 0.2) is 34.9 Å². The third kappa shape index (κ3) is 4.89. The van der Waals surface area contributed by atoms with Crippen LogP contribution < -0.4 is 15.4 Å². The molecule has 0 aliphatic heterocycles. The summed E-state index contributed by atoms with van der Waals surface area (Å²) >= 11 is 0. The van der Waals surface area contributed by atoms with Crippen molar-refractivity contribution in [2.75, 3.05) is 12.4 Å². The van der Waals surface area contributed by atoms with Crippen molar-refractivity contribution in [3.05, 3.63) is 42.1 Å². The number of benzene rings is 1. The van der Waals surface area contributed by atoms with Gasteiger partial charge in [-0.2, -0.15) is 0 Å². The van der Waals surface area contributed by atoms with E-state index in [1.807, 2.05) is 38.1 Å². The van der Waals surface area contributed by atoms with Crippen molar-refractivity contribution in [2.45, 2.75) is 32.9 Å². The molecule has 0 fully saturated rings. The molecule has 0 radical (unpaired) electrons. The predicted octanol–water partition coefficient (Wildman–Crippen LogP) is 2.50. The van der Waals surface area contributed by atoms with Crippen LogP contribution in [0.3, 0.4) is 0 Å². The third-order valence-corrected chi connectivity index (χ3v) is 3.14. The molecule has 118 valence electrons. The van der Waals surface area contributed by atoms with Gasteiger partial charge >= 0.3 is 0 Å². The maximum atomic E-state index is 12.0. The van der Waals surface area contributed by atoms with Gasteiger partial charge in [-0.15, -0.1) is 0 Å². The molecule has 1 aromatic heterocycles. The highest BCUT2D eigenvalue weighted by molar-refractivity contribution is 5.91. The van der Waals surface area contributed by atoms with E-state index < -0.39 is 0 Å². The maximum Gasteiger partial charge on any atom is 0.225 e. The van der Waals surface area contributed by atoms with E-state index >= 15 is 0 Å². The van der Waals surface area contributed by atoms with Crippen LogP contribution in [-0.2, 0) is 11.3 Å². The molecule has 6 nitrogen and oxygen atoms in total. The number of carbonyl (C=O) groups excluding carboxylic acids is 1. The van der Waals surface area contributed by atoms with E-state index in [1.54, 1.807) is 13.3 Å². The Balaban J connectivity index is 1.75. The molecule has 1 atom stereocenters. The molecule has 1 unspecified atom stereocenters. The molecule has 2 N–H and O–H groups in total. The van der Waals surface area contributed by atoms with Crippen molar-refractivity contribution in [1.82, 2.24) is 10.3 Å². The second kappa shape index (κ2) is 7.61. The van der Waals surface area contributed by atoms with Gasteiger partial charge in [-0.05, 0) is 38.1 Å². The molecule has 2 rings (SSSR count). The Kier molecular flexibility index (Phi) is 5.55. The number of carbonyl (C=O) groups is 1. The SMILES string of the molecule is COc1ccc(NC(=O)CC(C)NCc2ncc(C)o2)cc1. The first-order valence-electron chi connectivity index (χ1n) is 7.15. The number of rotatable bonds is 7. The zero-order chi connectivity index (χ0) is 15.9. The van der Waals surface area contributed by atoms with Gasteiger partial charge in [0.25, 0.3) is 0 Å². The highest BCUT2D eigenvalue weighted by atomic mass is 16.5. The first-order valence-corrected chi connectivity index (χ1v) is 7.15. The predicted molar refractivity (Wildman–Crippen MR) is 83.8 cm³/mol. The molecule has 1 heterocycles. The zero-order valence-corrected chi connectivity index (χ0v) is 13.1. The minimum absolute atomic E-state index is 0.0189. The van der Waals surface area contributed by atoms with Crippen LogP contribution in [0.1, 0.15) is 25.0 Å². The van der Waals surface area contributed by atoms with Crippen molar-refractivity contribution < 1.29 is 13.9 Å². The zero-order valence-electron chi connectivity index (χ0n) is 13.1. The van der Waals surface area contributed by atoms with Gasteiger partial charge in [0.1, 0.15) is 11.5 Å². The Morgan fingerprint density at radius 1 is 1.36 bits per heavy atom. The summed E-state index contributed by atoms with van der Waals surface area (Å²) in [5, 5.41) is 6.06. The number of methoxy groups -OCH3 is 1. The molecule has 2 aromatic rings. The molecule has 0 bridgehead atoms. The number of hydrogen-bond acceptors (Lipinski definition) is 5. The smallest absolute Gasteiger partial charge is 0.225 e. The van der Waals surface area contributed by atoms with Crippen molar-refractivity contribution in [2.24, 2.45) is 0 Å². The van der Waals surface area contributed by atoms with Gasteiger partial charge in [-0.3, -0.25) is 4.79 Å². The monoisotopic (exact) mass is 303 g/mol. The van der Waals surface area contributed by atoms with Crippen LogP contribution in [0, 0.1) is 6.92 Å². The van der Waals surface area contributed by atoms with E-state index in [0.717, 1.165) is 17.2 Å². The fourth-order valence-corrected chi connectivity index (χ4v) is 1.98. The minimum Gasteiger partial charge on any atom is -0.497 e. The minimum atomic E-state index is -0.0475. The van der Waals surface area contributed by atoms with Crippen molar-refractivity contribution in [1.29, 1.82) is 0 Å². The average molecular weight is 303 g/mol. The lowest BCUT2D eigenvalue weighted by Crippen LogP contribution is -2.30. The summed E-state index contributed by atoms with van der Waals surface area (Å²) in [7, 11) is 1.61. The molecule has 0 spiro atoms. The molecular weight excluding hydrogens is 282 g/mol. The van der Waals surface area contributed by atoms with Crippen LogP contribution in [0.5, 0.6) is 5.75 Å². The summed E-state index contributed by atoms with van der Waals surface area (Å²) in [6.45, 7) is 4.30. The van der Waals surface area contributed by atoms with E-state index in [2.05, 4.69) is 15.6 Å². The number of anilines is 1. The van der Waals surface area contributed by atoms with Crippen LogP contribution in [-0.4, -0.2) is 24.0 Å². The van der Waals surface area contributed by atoms with E-state index in [4.69, 9.17) is 9.15 Å². The number of amides is 1. The first kappa shape index (κ1) is 16.0. The fraction of sp³-hybridized carbons (Fsp3) is 0.375. The molecule has 0 saturated carbocycles. The van der Waals surface area contributed by atoms with Gasteiger partial charge in [0.15, 0.2) is 0 Å². The molecule has 1 amide bonds. The van der Waals surface area contributed by atoms with Gasteiger partial charge in [0.05, 0.1) is 19.9 Å². The van der Waals surface area contributed by atoms with Crippen LogP contribution in [0.25, 0.3) is 0 Å². The summed E-state index contributed by atoms with van der Waals surface area (Å²) in [5.41, 5.74) is 0.751. The van der Waals surface area contributed by atoms with E-state index in [1.165, 1.54) is 0 Å². The molecule has 6 heteroatoms. The Morgan fingerprint density at radius 2 is 2.09 bits per heavy atom. The van der Waals surface area contributed by atoms with Crippen LogP contribution in [0.2, 0.25) is 0 Å². The molecule has 0 aliphatic rings. The lowest BCUT2D eigenvalue weighted by Gasteiger charge is -2.12. The lowest BCUT2D eigenvalue weighted by molar-refractivity contribution is -0.116. The number of oxazole rings is 1. The number of ether oxygens (including phenoxy) is 1. The molecule has 0 aliphatic carbocycles. The quantitative estimate of drug-likeness (QED) is 0.822. The van der Waals surface area contributed by atoms with Crippen molar-refractivity contribution in [3.63, 3.8) is 0 Å². The summed E-state index contributed by atoms with van der Waals surface area (Å²) in [4.78, 5) is 16.1. The average Bonchev–Trinajstić information content (AvgIpc) is 2.91. The Bertz CT molecular complexity index is 607. The Labute approximate surface area is 129 Å². The van der Waals surface area contributed by atoms with Gasteiger partial charge in [-0.1, -0.05) is 0 Å². The number of nitrogens with zero attached hydrogens (tertiary/aromatic N) is 1. The van der Waals surface area contributed by atoms with Crippen molar-refractivity contribution in [3.8, 4) is 5.75 Å². The van der Waals surface area contributed by atoms with Crippen LogP contribution >= 0.6 is 0 Å². The van der Waals surface area contributed by atoms with Crippen molar-refractivity contribution >= 4 is 11.6 Å². The topological polar surface area (TPSA) is 76.4 Å². The van der Waals surface area contributed by atoms with E-state index in [9.17, 15) is 4.79 Å². The van der Waals surface area contributed by atoms with E-state index in [-0.39, 0.29) is 11.9 Å². The molecule has 1 aromatic carbocycles. The highest BCUT2D eigenvalue weighted by Crippen LogP contribution is 2.15. The standard InChI is InChI=1S/C16H21N3O3/c1-11(17-10-16-18-9-12(2)22-16)8-15(20)19-13-4-6-14(21-3)7-5-13/h4-7,9,11,17H,8,10H2,1-3H3,(H,19,20). The summed E-state index contributed by atoms with van der Waals surface area (Å²) < 4.78 is 10.4. The number of aromatic nitrogens is 1.